The van der Waals surface area contributed by atoms with E-state index >= 15 is 0 Å². The first-order valence-electron chi connectivity index (χ1n) is 8.50. The molecule has 0 aliphatic heterocycles. The second-order valence-corrected chi connectivity index (χ2v) is 8.19. The zero-order chi connectivity index (χ0) is 16.0. The molecule has 0 spiro atoms. The highest BCUT2D eigenvalue weighted by Crippen LogP contribution is 2.69. The standard InChI is InChI=1S/C18H22N4O/c1-17(2)10-4-6-18(17,3)13(8-10)22-14-11-5-7-19-15(11)20-9-12(14)21-16(22)23/h5,7,9-10,13H,4,6,8H2,1-3H3,(H,19,20)(H,21,23)/t10-,13+,18+/m1/s1. The van der Waals surface area contributed by atoms with E-state index in [1.54, 1.807) is 6.20 Å². The maximum absolute atomic E-state index is 12.8. The molecule has 2 saturated carbocycles. The zero-order valence-electron chi connectivity index (χ0n) is 13.8. The number of H-pyrrole nitrogens is 2. The fourth-order valence-corrected chi connectivity index (χ4v) is 5.47. The molecule has 120 valence electrons. The zero-order valence-corrected chi connectivity index (χ0v) is 13.8. The summed E-state index contributed by atoms with van der Waals surface area (Å²) < 4.78 is 2.04. The molecule has 5 nitrogen and oxygen atoms in total. The van der Waals surface area contributed by atoms with Gasteiger partial charge < -0.3 is 9.97 Å². The maximum atomic E-state index is 12.8. The number of hydrogen-bond acceptors (Lipinski definition) is 2. The molecule has 0 aromatic carbocycles. The van der Waals surface area contributed by atoms with Crippen molar-refractivity contribution in [3.63, 3.8) is 0 Å². The average Bonchev–Trinajstić information content (AvgIpc) is 3.18. The van der Waals surface area contributed by atoms with Crippen LogP contribution in [0, 0.1) is 16.7 Å². The molecular formula is C18H22N4O. The van der Waals surface area contributed by atoms with Crippen molar-refractivity contribution in [2.24, 2.45) is 16.7 Å². The highest BCUT2D eigenvalue weighted by atomic mass is 16.1. The smallest absolute Gasteiger partial charge is 0.326 e. The van der Waals surface area contributed by atoms with Crippen LogP contribution in [0.1, 0.15) is 46.1 Å². The van der Waals surface area contributed by atoms with Gasteiger partial charge in [0.15, 0.2) is 0 Å². The van der Waals surface area contributed by atoms with Gasteiger partial charge >= 0.3 is 5.69 Å². The van der Waals surface area contributed by atoms with E-state index in [2.05, 4.69) is 35.7 Å². The molecule has 0 amide bonds. The van der Waals surface area contributed by atoms with Crippen molar-refractivity contribution in [1.29, 1.82) is 0 Å². The van der Waals surface area contributed by atoms with Gasteiger partial charge in [-0.25, -0.2) is 9.78 Å². The Morgan fingerprint density at radius 3 is 2.87 bits per heavy atom. The minimum atomic E-state index is 0.00470. The minimum absolute atomic E-state index is 0.00470. The van der Waals surface area contributed by atoms with E-state index in [1.165, 1.54) is 12.8 Å². The van der Waals surface area contributed by atoms with Crippen LogP contribution in [0.3, 0.4) is 0 Å². The molecule has 3 atom stereocenters. The summed E-state index contributed by atoms with van der Waals surface area (Å²) in [5.74, 6) is 0.706. The van der Waals surface area contributed by atoms with Gasteiger partial charge in [0.2, 0.25) is 0 Å². The number of aromatic amines is 2. The average molecular weight is 310 g/mol. The van der Waals surface area contributed by atoms with E-state index in [0.29, 0.717) is 5.92 Å². The normalized spacial score (nSPS) is 32.3. The summed E-state index contributed by atoms with van der Waals surface area (Å²) in [6.45, 7) is 7.15. The van der Waals surface area contributed by atoms with Crippen molar-refractivity contribution in [2.75, 3.05) is 0 Å². The van der Waals surface area contributed by atoms with Crippen LogP contribution in [0.15, 0.2) is 23.3 Å². The van der Waals surface area contributed by atoms with Crippen LogP contribution in [0.25, 0.3) is 22.1 Å². The highest BCUT2D eigenvalue weighted by molar-refractivity contribution is 6.00. The first kappa shape index (κ1) is 13.4. The van der Waals surface area contributed by atoms with Gasteiger partial charge in [-0.05, 0) is 42.1 Å². The summed E-state index contributed by atoms with van der Waals surface area (Å²) in [6.07, 6.45) is 7.26. The topological polar surface area (TPSA) is 66.5 Å². The molecule has 2 fully saturated rings. The molecule has 2 bridgehead atoms. The van der Waals surface area contributed by atoms with Crippen LogP contribution in [0.5, 0.6) is 0 Å². The lowest BCUT2D eigenvalue weighted by molar-refractivity contribution is 0.108. The third-order valence-electron chi connectivity index (χ3n) is 7.32. The first-order chi connectivity index (χ1) is 10.9. The highest BCUT2D eigenvalue weighted by Gasteiger charge is 2.62. The minimum Gasteiger partial charge on any atom is -0.346 e. The van der Waals surface area contributed by atoms with Crippen molar-refractivity contribution < 1.29 is 0 Å². The molecule has 2 aliphatic rings. The Morgan fingerprint density at radius 2 is 2.17 bits per heavy atom. The van der Waals surface area contributed by atoms with Gasteiger partial charge in [-0.3, -0.25) is 4.57 Å². The molecule has 2 N–H and O–H groups in total. The number of fused-ring (bicyclic) bond motifs is 5. The lowest BCUT2D eigenvalue weighted by Gasteiger charge is -2.39. The first-order valence-corrected chi connectivity index (χ1v) is 8.50. The molecule has 3 heterocycles. The number of aromatic nitrogens is 4. The Morgan fingerprint density at radius 1 is 1.35 bits per heavy atom. The molecule has 0 unspecified atom stereocenters. The molecule has 5 rings (SSSR count). The second-order valence-electron chi connectivity index (χ2n) is 8.19. The van der Waals surface area contributed by atoms with Gasteiger partial charge in [-0.15, -0.1) is 0 Å². The summed E-state index contributed by atoms with van der Waals surface area (Å²) in [5, 5.41) is 1.03. The fourth-order valence-electron chi connectivity index (χ4n) is 5.47. The summed E-state index contributed by atoms with van der Waals surface area (Å²) in [7, 11) is 0. The largest absolute Gasteiger partial charge is 0.346 e. The number of nitrogens with one attached hydrogen (secondary N) is 2. The molecule has 0 saturated heterocycles. The van der Waals surface area contributed by atoms with Crippen molar-refractivity contribution in [1.82, 2.24) is 19.5 Å². The quantitative estimate of drug-likeness (QED) is 0.721. The Hall–Kier alpha value is -2.04. The SMILES string of the molecule is CC1(C)[C@@H]2CC[C@@]1(C)[C@@H](n1c(=O)[nH]c3cnc4[nH]ccc4c31)C2. The third kappa shape index (κ3) is 1.39. The lowest BCUT2D eigenvalue weighted by atomic mass is 9.69. The number of nitrogens with zero attached hydrogens (tertiary/aromatic N) is 2. The number of pyridine rings is 1. The molecule has 3 aromatic rings. The summed E-state index contributed by atoms with van der Waals surface area (Å²) >= 11 is 0. The Labute approximate surface area is 134 Å². The maximum Gasteiger partial charge on any atom is 0.326 e. The predicted octanol–water partition coefficient (Wildman–Crippen LogP) is 3.59. The van der Waals surface area contributed by atoms with E-state index in [4.69, 9.17) is 0 Å². The van der Waals surface area contributed by atoms with Crippen LogP contribution >= 0.6 is 0 Å². The van der Waals surface area contributed by atoms with E-state index in [9.17, 15) is 4.79 Å². The van der Waals surface area contributed by atoms with Crippen LogP contribution < -0.4 is 5.69 Å². The Kier molecular flexibility index (Phi) is 2.27. The van der Waals surface area contributed by atoms with E-state index in [0.717, 1.165) is 28.5 Å². The Bertz CT molecular complexity index is 991. The summed E-state index contributed by atoms with van der Waals surface area (Å²) in [4.78, 5) is 23.4. The number of imidazole rings is 1. The van der Waals surface area contributed by atoms with Crippen LogP contribution in [0.2, 0.25) is 0 Å². The predicted molar refractivity (Wildman–Crippen MR) is 90.5 cm³/mol. The van der Waals surface area contributed by atoms with Crippen LogP contribution in [0.4, 0.5) is 0 Å². The van der Waals surface area contributed by atoms with Gasteiger partial charge in [-0.2, -0.15) is 0 Å². The Balaban J connectivity index is 1.83. The van der Waals surface area contributed by atoms with Gasteiger partial charge in [-0.1, -0.05) is 20.8 Å². The monoisotopic (exact) mass is 310 g/mol. The third-order valence-corrected chi connectivity index (χ3v) is 7.32. The summed E-state index contributed by atoms with van der Waals surface area (Å²) in [6, 6.07) is 2.28. The van der Waals surface area contributed by atoms with Crippen LogP contribution in [-0.4, -0.2) is 19.5 Å². The van der Waals surface area contributed by atoms with E-state index in [1.807, 2.05) is 16.8 Å². The van der Waals surface area contributed by atoms with Gasteiger partial charge in [0, 0.05) is 17.6 Å². The molecule has 2 aliphatic carbocycles. The van der Waals surface area contributed by atoms with Crippen LogP contribution in [-0.2, 0) is 0 Å². The van der Waals surface area contributed by atoms with Crippen molar-refractivity contribution in [3.8, 4) is 0 Å². The summed E-state index contributed by atoms with van der Waals surface area (Å²) in [5.41, 5.74) is 3.15. The molecule has 5 heteroatoms. The lowest BCUT2D eigenvalue weighted by Crippen LogP contribution is -2.37. The van der Waals surface area contributed by atoms with Crippen molar-refractivity contribution >= 4 is 22.1 Å². The number of hydrogen-bond donors (Lipinski definition) is 2. The van der Waals surface area contributed by atoms with Crippen molar-refractivity contribution in [2.45, 2.75) is 46.1 Å². The second kappa shape index (κ2) is 3.89. The van der Waals surface area contributed by atoms with E-state index < -0.39 is 0 Å². The molecular weight excluding hydrogens is 288 g/mol. The molecule has 0 radical (unpaired) electrons. The molecule has 23 heavy (non-hydrogen) atoms. The van der Waals surface area contributed by atoms with Gasteiger partial charge in [0.1, 0.15) is 5.65 Å². The molecule has 3 aromatic heterocycles. The van der Waals surface area contributed by atoms with Gasteiger partial charge in [0.05, 0.1) is 17.2 Å². The fraction of sp³-hybridized carbons (Fsp3) is 0.556. The van der Waals surface area contributed by atoms with Gasteiger partial charge in [0.25, 0.3) is 0 Å². The van der Waals surface area contributed by atoms with Crippen molar-refractivity contribution in [3.05, 3.63) is 28.9 Å². The van der Waals surface area contributed by atoms with E-state index in [-0.39, 0.29) is 22.6 Å². The number of rotatable bonds is 1.